The minimum Gasteiger partial charge on any atom is -0.391 e. The van der Waals surface area contributed by atoms with Gasteiger partial charge in [-0.25, -0.2) is 9.97 Å². The summed E-state index contributed by atoms with van der Waals surface area (Å²) >= 11 is 5.94. The number of halogens is 1. The Labute approximate surface area is 112 Å². The molecule has 0 bridgehead atoms. The highest BCUT2D eigenvalue weighted by Gasteiger charge is 2.16. The molecule has 0 saturated heterocycles. The molecule has 0 aromatic carbocycles. The molecular formula is C12H17ClN4O. The summed E-state index contributed by atoms with van der Waals surface area (Å²) in [4.78, 5) is 10.00. The summed E-state index contributed by atoms with van der Waals surface area (Å²) in [5, 5.41) is 18.3. The lowest BCUT2D eigenvalue weighted by Crippen LogP contribution is -2.30. The average molecular weight is 269 g/mol. The predicted molar refractivity (Wildman–Crippen MR) is 70.2 cm³/mol. The smallest absolute Gasteiger partial charge is 0.140 e. The third kappa shape index (κ3) is 3.83. The second kappa shape index (κ2) is 7.14. The molecule has 1 rings (SSSR count). The molecule has 1 N–H and O–H groups in total. The molecule has 6 heteroatoms. The van der Waals surface area contributed by atoms with E-state index in [1.807, 2.05) is 4.90 Å². The molecule has 18 heavy (non-hydrogen) atoms. The molecule has 0 saturated carbocycles. The van der Waals surface area contributed by atoms with Crippen molar-refractivity contribution in [2.75, 3.05) is 18.0 Å². The molecule has 0 spiro atoms. The Balaban J connectivity index is 3.04. The van der Waals surface area contributed by atoms with Gasteiger partial charge in [-0.15, -0.1) is 0 Å². The van der Waals surface area contributed by atoms with Crippen LogP contribution in [-0.4, -0.2) is 28.2 Å². The first-order valence-electron chi connectivity index (χ1n) is 5.82. The van der Waals surface area contributed by atoms with Crippen LogP contribution in [0.5, 0.6) is 0 Å². The first-order chi connectivity index (χ1) is 8.60. The van der Waals surface area contributed by atoms with Crippen LogP contribution in [0.25, 0.3) is 0 Å². The standard InChI is InChI=1S/C12H17ClN4O/c1-9(2)6-17(5-3-4-14)12-10(7-18)11(13)15-8-16-12/h8-9,18H,3,5-7H2,1-2H3. The van der Waals surface area contributed by atoms with Crippen molar-refractivity contribution in [1.82, 2.24) is 9.97 Å². The van der Waals surface area contributed by atoms with Crippen LogP contribution in [0, 0.1) is 17.2 Å². The zero-order valence-corrected chi connectivity index (χ0v) is 11.4. The van der Waals surface area contributed by atoms with E-state index in [0.717, 1.165) is 6.54 Å². The third-order valence-electron chi connectivity index (χ3n) is 2.41. The maximum atomic E-state index is 9.35. The largest absolute Gasteiger partial charge is 0.391 e. The SMILES string of the molecule is CC(C)CN(CCC#N)c1ncnc(Cl)c1CO. The normalized spacial score (nSPS) is 10.4. The van der Waals surface area contributed by atoms with Crippen molar-refractivity contribution >= 4 is 17.4 Å². The molecule has 0 unspecified atom stereocenters. The molecule has 5 nitrogen and oxygen atoms in total. The Morgan fingerprint density at radius 1 is 1.50 bits per heavy atom. The first-order valence-corrected chi connectivity index (χ1v) is 6.20. The number of nitrogens with zero attached hydrogens (tertiary/aromatic N) is 4. The van der Waals surface area contributed by atoms with Gasteiger partial charge < -0.3 is 10.0 Å². The zero-order chi connectivity index (χ0) is 13.5. The summed E-state index contributed by atoms with van der Waals surface area (Å²) in [7, 11) is 0. The molecular weight excluding hydrogens is 252 g/mol. The van der Waals surface area contributed by atoms with Crippen molar-refractivity contribution in [3.8, 4) is 6.07 Å². The van der Waals surface area contributed by atoms with E-state index >= 15 is 0 Å². The Morgan fingerprint density at radius 3 is 2.78 bits per heavy atom. The lowest BCUT2D eigenvalue weighted by atomic mass is 10.2. The predicted octanol–water partition coefficient (Wildman–Crippen LogP) is 2.00. The van der Waals surface area contributed by atoms with E-state index in [0.29, 0.717) is 30.3 Å². The topological polar surface area (TPSA) is 73.0 Å². The molecule has 0 atom stereocenters. The van der Waals surface area contributed by atoms with Crippen molar-refractivity contribution in [1.29, 1.82) is 5.26 Å². The first kappa shape index (κ1) is 14.7. The summed E-state index contributed by atoms with van der Waals surface area (Å²) in [5.41, 5.74) is 0.512. The zero-order valence-electron chi connectivity index (χ0n) is 10.6. The number of hydrogen-bond donors (Lipinski definition) is 1. The summed E-state index contributed by atoms with van der Waals surface area (Å²) in [5.74, 6) is 1.03. The molecule has 0 fully saturated rings. The molecule has 98 valence electrons. The van der Waals surface area contributed by atoms with Crippen LogP contribution in [0.1, 0.15) is 25.8 Å². The quantitative estimate of drug-likeness (QED) is 0.799. The fourth-order valence-corrected chi connectivity index (χ4v) is 1.89. The molecule has 0 amide bonds. The summed E-state index contributed by atoms with van der Waals surface area (Å²) in [6, 6.07) is 2.11. The Hall–Kier alpha value is -1.38. The van der Waals surface area contributed by atoms with Gasteiger partial charge in [0.05, 0.1) is 24.7 Å². The van der Waals surface area contributed by atoms with Gasteiger partial charge >= 0.3 is 0 Å². The van der Waals surface area contributed by atoms with Crippen molar-refractivity contribution < 1.29 is 5.11 Å². The van der Waals surface area contributed by atoms with Crippen molar-refractivity contribution in [2.45, 2.75) is 26.9 Å². The number of anilines is 1. The van der Waals surface area contributed by atoms with Gasteiger partial charge in [0.1, 0.15) is 17.3 Å². The molecule has 1 aromatic heterocycles. The van der Waals surface area contributed by atoms with Gasteiger partial charge in [-0.1, -0.05) is 25.4 Å². The van der Waals surface area contributed by atoms with E-state index in [9.17, 15) is 5.11 Å². The maximum absolute atomic E-state index is 9.35. The average Bonchev–Trinajstić information content (AvgIpc) is 2.33. The third-order valence-corrected chi connectivity index (χ3v) is 2.73. The fraction of sp³-hybridized carbons (Fsp3) is 0.583. The molecule has 1 aromatic rings. The van der Waals surface area contributed by atoms with Gasteiger partial charge in [0, 0.05) is 13.1 Å². The number of hydrogen-bond acceptors (Lipinski definition) is 5. The second-order valence-corrected chi connectivity index (χ2v) is 4.73. The number of aliphatic hydroxyl groups is 1. The van der Waals surface area contributed by atoms with E-state index in [1.54, 1.807) is 0 Å². The van der Waals surface area contributed by atoms with Gasteiger partial charge in [0.2, 0.25) is 0 Å². The summed E-state index contributed by atoms with van der Waals surface area (Å²) in [6.07, 6.45) is 1.77. The van der Waals surface area contributed by atoms with Crippen LogP contribution in [0.2, 0.25) is 5.15 Å². The van der Waals surface area contributed by atoms with Crippen LogP contribution in [0.4, 0.5) is 5.82 Å². The summed E-state index contributed by atoms with van der Waals surface area (Å²) in [6.45, 7) is 5.27. The number of rotatable bonds is 6. The van der Waals surface area contributed by atoms with E-state index in [1.165, 1.54) is 6.33 Å². The Morgan fingerprint density at radius 2 is 2.22 bits per heavy atom. The summed E-state index contributed by atoms with van der Waals surface area (Å²) < 4.78 is 0. The molecule has 1 heterocycles. The van der Waals surface area contributed by atoms with E-state index in [-0.39, 0.29) is 11.8 Å². The molecule has 0 aliphatic rings. The number of aliphatic hydroxyl groups excluding tert-OH is 1. The highest BCUT2D eigenvalue weighted by atomic mass is 35.5. The van der Waals surface area contributed by atoms with Crippen molar-refractivity contribution in [3.05, 3.63) is 17.0 Å². The molecule has 0 aliphatic heterocycles. The van der Waals surface area contributed by atoms with Gasteiger partial charge in [0.15, 0.2) is 0 Å². The van der Waals surface area contributed by atoms with E-state index in [4.69, 9.17) is 16.9 Å². The molecule has 0 aliphatic carbocycles. The van der Waals surface area contributed by atoms with Crippen molar-refractivity contribution in [3.63, 3.8) is 0 Å². The highest BCUT2D eigenvalue weighted by molar-refractivity contribution is 6.30. The molecule has 0 radical (unpaired) electrons. The highest BCUT2D eigenvalue weighted by Crippen LogP contribution is 2.24. The minimum atomic E-state index is -0.212. The fourth-order valence-electron chi connectivity index (χ4n) is 1.70. The number of aromatic nitrogens is 2. The van der Waals surface area contributed by atoms with Crippen LogP contribution < -0.4 is 4.90 Å². The van der Waals surface area contributed by atoms with E-state index < -0.39 is 0 Å². The van der Waals surface area contributed by atoms with Crippen molar-refractivity contribution in [2.24, 2.45) is 5.92 Å². The van der Waals surface area contributed by atoms with Gasteiger partial charge in [-0.05, 0) is 5.92 Å². The minimum absolute atomic E-state index is 0.212. The van der Waals surface area contributed by atoms with Crippen LogP contribution in [0.3, 0.4) is 0 Å². The van der Waals surface area contributed by atoms with Crippen LogP contribution >= 0.6 is 11.6 Å². The van der Waals surface area contributed by atoms with Gasteiger partial charge in [-0.3, -0.25) is 0 Å². The maximum Gasteiger partial charge on any atom is 0.140 e. The Bertz CT molecular complexity index is 431. The van der Waals surface area contributed by atoms with Gasteiger partial charge in [0.25, 0.3) is 0 Å². The number of nitriles is 1. The lowest BCUT2D eigenvalue weighted by molar-refractivity contribution is 0.281. The second-order valence-electron chi connectivity index (χ2n) is 4.37. The van der Waals surface area contributed by atoms with Crippen LogP contribution in [0.15, 0.2) is 6.33 Å². The monoisotopic (exact) mass is 268 g/mol. The lowest BCUT2D eigenvalue weighted by Gasteiger charge is -2.26. The van der Waals surface area contributed by atoms with Gasteiger partial charge in [-0.2, -0.15) is 5.26 Å². The Kier molecular flexibility index (Phi) is 5.83. The van der Waals surface area contributed by atoms with E-state index in [2.05, 4.69) is 29.9 Å². The van der Waals surface area contributed by atoms with Crippen LogP contribution in [-0.2, 0) is 6.61 Å².